The molecule has 7 nitrogen and oxygen atoms in total. The van der Waals surface area contributed by atoms with Gasteiger partial charge in [0.05, 0.1) is 5.69 Å². The number of fused-ring (bicyclic) bond motifs is 1. The maximum atomic E-state index is 10.6. The average Bonchev–Trinajstić information content (AvgIpc) is 3.20. The first kappa shape index (κ1) is 18.1. The van der Waals surface area contributed by atoms with E-state index in [2.05, 4.69) is 27.0 Å². The third-order valence-corrected chi connectivity index (χ3v) is 5.11. The molecule has 0 radical (unpaired) electrons. The SMILES string of the molecule is Cc1ncnc2c1ccn2[C@@H]1O[C@@H](CN(C)Cc2ccccc2)[C@@H](O)[C@H]1O. The first-order valence-corrected chi connectivity index (χ1v) is 9.07. The van der Waals surface area contributed by atoms with Gasteiger partial charge in [0, 0.05) is 24.7 Å². The van der Waals surface area contributed by atoms with Crippen molar-refractivity contribution in [2.75, 3.05) is 13.6 Å². The normalized spacial score (nSPS) is 25.5. The molecule has 3 heterocycles. The highest BCUT2D eigenvalue weighted by Gasteiger charge is 2.44. The molecular weight excluding hydrogens is 344 g/mol. The Kier molecular flexibility index (Phi) is 4.92. The molecule has 3 aromatic rings. The maximum Gasteiger partial charge on any atom is 0.164 e. The monoisotopic (exact) mass is 368 g/mol. The van der Waals surface area contributed by atoms with Crippen molar-refractivity contribution in [2.45, 2.75) is 38.0 Å². The highest BCUT2D eigenvalue weighted by molar-refractivity contribution is 5.78. The topological polar surface area (TPSA) is 83.6 Å². The number of aliphatic hydroxyl groups is 2. The highest BCUT2D eigenvalue weighted by atomic mass is 16.6. The second-order valence-electron chi connectivity index (χ2n) is 7.15. The van der Waals surface area contributed by atoms with Gasteiger partial charge in [0.15, 0.2) is 6.23 Å². The zero-order valence-electron chi connectivity index (χ0n) is 15.4. The molecule has 7 heteroatoms. The molecule has 1 aromatic carbocycles. The Bertz CT molecular complexity index is 914. The lowest BCUT2D eigenvalue weighted by molar-refractivity contribution is -0.0424. The van der Waals surface area contributed by atoms with Crippen molar-refractivity contribution in [1.82, 2.24) is 19.4 Å². The Labute approximate surface area is 157 Å². The van der Waals surface area contributed by atoms with Crippen LogP contribution in [0.5, 0.6) is 0 Å². The molecule has 4 rings (SSSR count). The zero-order chi connectivity index (χ0) is 19.0. The van der Waals surface area contributed by atoms with E-state index in [0.717, 1.165) is 17.6 Å². The minimum absolute atomic E-state index is 0.487. The minimum Gasteiger partial charge on any atom is -0.387 e. The van der Waals surface area contributed by atoms with Crippen LogP contribution in [-0.2, 0) is 11.3 Å². The summed E-state index contributed by atoms with van der Waals surface area (Å²) in [6.45, 7) is 3.17. The molecule has 2 aromatic heterocycles. The molecule has 2 N–H and O–H groups in total. The number of aromatic nitrogens is 3. The van der Waals surface area contributed by atoms with E-state index in [0.29, 0.717) is 12.2 Å². The first-order valence-electron chi connectivity index (χ1n) is 9.07. The van der Waals surface area contributed by atoms with Gasteiger partial charge in [0.2, 0.25) is 0 Å². The van der Waals surface area contributed by atoms with Crippen molar-refractivity contribution in [2.24, 2.45) is 0 Å². The number of aliphatic hydroxyl groups excluding tert-OH is 2. The van der Waals surface area contributed by atoms with Crippen LogP contribution in [0.2, 0.25) is 0 Å². The number of aryl methyl sites for hydroxylation is 1. The van der Waals surface area contributed by atoms with Crippen LogP contribution in [0.3, 0.4) is 0 Å². The van der Waals surface area contributed by atoms with Gasteiger partial charge in [-0.2, -0.15) is 0 Å². The van der Waals surface area contributed by atoms with Gasteiger partial charge >= 0.3 is 0 Å². The fourth-order valence-corrected chi connectivity index (χ4v) is 3.68. The fraction of sp³-hybridized carbons (Fsp3) is 0.400. The molecule has 1 fully saturated rings. The summed E-state index contributed by atoms with van der Waals surface area (Å²) in [4.78, 5) is 10.6. The van der Waals surface area contributed by atoms with Crippen molar-refractivity contribution < 1.29 is 14.9 Å². The van der Waals surface area contributed by atoms with E-state index < -0.39 is 24.5 Å². The van der Waals surface area contributed by atoms with Crippen LogP contribution in [0.25, 0.3) is 11.0 Å². The van der Waals surface area contributed by atoms with E-state index in [4.69, 9.17) is 4.74 Å². The fourth-order valence-electron chi connectivity index (χ4n) is 3.68. The van der Waals surface area contributed by atoms with Gasteiger partial charge in [0.25, 0.3) is 0 Å². The lowest BCUT2D eigenvalue weighted by Gasteiger charge is -2.22. The van der Waals surface area contributed by atoms with Crippen LogP contribution in [0, 0.1) is 6.92 Å². The summed E-state index contributed by atoms with van der Waals surface area (Å²) in [6, 6.07) is 12.0. The predicted octanol–water partition coefficient (Wildman–Crippen LogP) is 1.49. The van der Waals surface area contributed by atoms with Gasteiger partial charge in [-0.15, -0.1) is 0 Å². The predicted molar refractivity (Wildman–Crippen MR) is 101 cm³/mol. The largest absolute Gasteiger partial charge is 0.387 e. The quantitative estimate of drug-likeness (QED) is 0.710. The third-order valence-electron chi connectivity index (χ3n) is 5.11. The zero-order valence-corrected chi connectivity index (χ0v) is 15.4. The molecule has 4 atom stereocenters. The summed E-state index contributed by atoms with van der Waals surface area (Å²) in [5.41, 5.74) is 2.75. The molecule has 142 valence electrons. The van der Waals surface area contributed by atoms with Gasteiger partial charge in [0.1, 0.15) is 30.3 Å². The van der Waals surface area contributed by atoms with Crippen molar-refractivity contribution in [3.05, 3.63) is 60.2 Å². The Balaban J connectivity index is 1.49. The molecular formula is C20H24N4O3. The van der Waals surface area contributed by atoms with E-state index in [1.807, 2.05) is 44.4 Å². The van der Waals surface area contributed by atoms with Crippen LogP contribution in [0.4, 0.5) is 0 Å². The number of hydrogen-bond acceptors (Lipinski definition) is 6. The summed E-state index contributed by atoms with van der Waals surface area (Å²) in [5, 5.41) is 22.0. The van der Waals surface area contributed by atoms with Crippen LogP contribution in [0.15, 0.2) is 48.9 Å². The van der Waals surface area contributed by atoms with Gasteiger partial charge in [-0.25, -0.2) is 9.97 Å². The van der Waals surface area contributed by atoms with Crippen molar-refractivity contribution in [1.29, 1.82) is 0 Å². The number of nitrogens with zero attached hydrogens (tertiary/aromatic N) is 4. The standard InChI is InChI=1S/C20H24N4O3/c1-13-15-8-9-24(19(15)22-12-21-13)20-18(26)17(25)16(27-20)11-23(2)10-14-6-4-3-5-7-14/h3-9,12,16-18,20,25-26H,10-11H2,1-2H3/t16-,17+,18+,20+/m0/s1. The van der Waals surface area contributed by atoms with Crippen molar-refractivity contribution >= 4 is 11.0 Å². The number of ether oxygens (including phenoxy) is 1. The molecule has 0 aliphatic carbocycles. The van der Waals surface area contributed by atoms with Crippen LogP contribution >= 0.6 is 0 Å². The molecule has 0 amide bonds. The van der Waals surface area contributed by atoms with E-state index in [1.165, 1.54) is 11.9 Å². The number of likely N-dealkylation sites (N-methyl/N-ethyl adjacent to an activating group) is 1. The smallest absolute Gasteiger partial charge is 0.164 e. The molecule has 0 saturated carbocycles. The van der Waals surface area contributed by atoms with Crippen LogP contribution in [-0.4, -0.2) is 61.6 Å². The lowest BCUT2D eigenvalue weighted by Crippen LogP contribution is -2.38. The first-order chi connectivity index (χ1) is 13.0. The number of rotatable bonds is 5. The lowest BCUT2D eigenvalue weighted by atomic mass is 10.1. The second kappa shape index (κ2) is 7.36. The van der Waals surface area contributed by atoms with Crippen LogP contribution in [0.1, 0.15) is 17.5 Å². The van der Waals surface area contributed by atoms with Gasteiger partial charge in [-0.05, 0) is 25.6 Å². The Morgan fingerprint density at radius 2 is 1.89 bits per heavy atom. The Morgan fingerprint density at radius 1 is 1.11 bits per heavy atom. The molecule has 0 bridgehead atoms. The van der Waals surface area contributed by atoms with Gasteiger partial charge in [-0.1, -0.05) is 30.3 Å². The van der Waals surface area contributed by atoms with Gasteiger partial charge in [-0.3, -0.25) is 4.90 Å². The van der Waals surface area contributed by atoms with Crippen molar-refractivity contribution in [3.63, 3.8) is 0 Å². The number of benzene rings is 1. The van der Waals surface area contributed by atoms with E-state index in [9.17, 15) is 10.2 Å². The molecule has 1 aliphatic rings. The average molecular weight is 368 g/mol. The van der Waals surface area contributed by atoms with E-state index in [1.54, 1.807) is 4.57 Å². The maximum absolute atomic E-state index is 10.6. The molecule has 1 saturated heterocycles. The highest BCUT2D eigenvalue weighted by Crippen LogP contribution is 2.32. The van der Waals surface area contributed by atoms with Gasteiger partial charge < -0.3 is 19.5 Å². The summed E-state index contributed by atoms with van der Waals surface area (Å²) < 4.78 is 7.82. The molecule has 27 heavy (non-hydrogen) atoms. The van der Waals surface area contributed by atoms with E-state index in [-0.39, 0.29) is 0 Å². The molecule has 0 unspecified atom stereocenters. The third kappa shape index (κ3) is 3.46. The van der Waals surface area contributed by atoms with E-state index >= 15 is 0 Å². The second-order valence-corrected chi connectivity index (χ2v) is 7.15. The summed E-state index contributed by atoms with van der Waals surface area (Å²) in [7, 11) is 1.98. The summed E-state index contributed by atoms with van der Waals surface area (Å²) in [5.74, 6) is 0. The molecule has 1 aliphatic heterocycles. The van der Waals surface area contributed by atoms with Crippen molar-refractivity contribution in [3.8, 4) is 0 Å². The Morgan fingerprint density at radius 3 is 2.67 bits per heavy atom. The Hall–Kier alpha value is -2.32. The summed E-state index contributed by atoms with van der Waals surface area (Å²) in [6.07, 6.45) is 0.167. The molecule has 0 spiro atoms. The van der Waals surface area contributed by atoms with Crippen LogP contribution < -0.4 is 0 Å². The number of hydrogen-bond donors (Lipinski definition) is 2. The summed E-state index contributed by atoms with van der Waals surface area (Å²) >= 11 is 0. The minimum atomic E-state index is -1.02.